The van der Waals surface area contributed by atoms with Gasteiger partial charge in [0.25, 0.3) is 0 Å². The van der Waals surface area contributed by atoms with Crippen molar-refractivity contribution in [2.75, 3.05) is 26.9 Å². The minimum Gasteiger partial charge on any atom is -0.504 e. The van der Waals surface area contributed by atoms with Crippen molar-refractivity contribution in [3.05, 3.63) is 96.1 Å². The van der Waals surface area contributed by atoms with Gasteiger partial charge in [-0.2, -0.15) is 0 Å². The quantitative estimate of drug-likeness (QED) is 0.0238. The summed E-state index contributed by atoms with van der Waals surface area (Å²) in [6.45, 7) is -2.39. The van der Waals surface area contributed by atoms with Crippen LogP contribution in [0.2, 0.25) is 0 Å². The zero-order valence-electron chi connectivity index (χ0n) is 41.1. The number of aliphatic hydroxyl groups excluding tert-OH is 9. The lowest BCUT2D eigenvalue weighted by Gasteiger charge is -2.45. The number of phenolic OH excluding ortho intramolecular Hbond substituents is 6. The highest BCUT2D eigenvalue weighted by molar-refractivity contribution is 5.88. The standard InChI is InChI=1S/C52H54O27/c1-70-32-14-23(6-9-27(32)56)48-34(16-24-15-33(30(59)17-31(24)73-48)74-50-46(68)43(65)40(62)35(18-53)76-50)75-52-49(45(67)42(64)37(78-52)20-72-39(61)11-5-22-3-8-26(55)29(58)13-22)79-51-47(69)44(66)41(63)36(77-51)19-71-38(60)10-4-21-2-7-25(54)28(57)12-21/h2-17,35-37,40-47,49-53,62-69H,18-20H2,1H3,(H5-,54,55,56,57,58,59,60,61)/p+1/t35-,36+,37+,40?,41-,42-,43+,44+,45-,46?,47+,49+,50-,51-,52?/m1/s1. The SMILES string of the molecule is COc1cc(-c2[o+]c3cc(O)c(O[C@@H]4O[C@H](CO)C(O)[C@H](O)C4O)cc3cc2OC2O[C@@H](COC(=O)/C=C/c3ccc(O)c(O)c3)[C@@H](O)[C@@H](O)[C@@H]2O[C@H]2O[C@@H](COC(=O)/C=C/c3ccc(O)c(O)c3)[C@@H](O)[C@H](O)[C@@H]2O)ccc1O. The van der Waals surface area contributed by atoms with Crippen molar-refractivity contribution >= 4 is 35.1 Å². The zero-order valence-corrected chi connectivity index (χ0v) is 41.1. The van der Waals surface area contributed by atoms with E-state index in [0.717, 1.165) is 36.4 Å². The lowest BCUT2D eigenvalue weighted by atomic mass is 9.97. The number of fused-ring (bicyclic) bond motifs is 1. The molecular weight excluding hydrogens is 1060 g/mol. The van der Waals surface area contributed by atoms with Crippen LogP contribution in [0.4, 0.5) is 0 Å². The van der Waals surface area contributed by atoms with Crippen molar-refractivity contribution in [3.8, 4) is 63.1 Å². The molecule has 4 heterocycles. The third-order valence-corrected chi connectivity index (χ3v) is 12.8. The first-order valence-corrected chi connectivity index (χ1v) is 23.9. The first-order chi connectivity index (χ1) is 37.6. The van der Waals surface area contributed by atoms with Crippen LogP contribution in [-0.4, -0.2) is 208 Å². The number of esters is 2. The van der Waals surface area contributed by atoms with E-state index in [0.29, 0.717) is 0 Å². The minimum absolute atomic E-state index is 0.0200. The molecule has 4 aromatic carbocycles. The van der Waals surface area contributed by atoms with Crippen molar-refractivity contribution < 1.29 is 133 Å². The summed E-state index contributed by atoms with van der Waals surface area (Å²) in [5, 5.41) is 158. The molecule has 0 aliphatic carbocycles. The summed E-state index contributed by atoms with van der Waals surface area (Å²) < 4.78 is 57.7. The second-order valence-corrected chi connectivity index (χ2v) is 18.2. The number of rotatable bonds is 17. The summed E-state index contributed by atoms with van der Waals surface area (Å²) in [5.41, 5.74) is 0.555. The number of methoxy groups -OCH3 is 1. The topological polar surface area (TPSA) is 432 Å². The lowest BCUT2D eigenvalue weighted by molar-refractivity contribution is -0.358. The lowest BCUT2D eigenvalue weighted by Crippen LogP contribution is -2.65. The molecule has 27 nitrogen and oxygen atoms in total. The Kier molecular flexibility index (Phi) is 17.9. The van der Waals surface area contributed by atoms with Gasteiger partial charge in [0.05, 0.1) is 30.7 Å². The van der Waals surface area contributed by atoms with E-state index in [4.69, 9.17) is 47.0 Å². The van der Waals surface area contributed by atoms with E-state index in [2.05, 4.69) is 0 Å². The third-order valence-electron chi connectivity index (χ3n) is 12.8. The van der Waals surface area contributed by atoms with Gasteiger partial charge in [-0.05, 0) is 59.7 Å². The molecule has 0 amide bonds. The number of ether oxygens (including phenoxy) is 9. The molecule has 3 aliphatic heterocycles. The molecule has 5 aromatic rings. The fourth-order valence-electron chi connectivity index (χ4n) is 8.40. The van der Waals surface area contributed by atoms with E-state index in [-0.39, 0.29) is 50.7 Å². The maximum atomic E-state index is 13.0. The Morgan fingerprint density at radius 1 is 0.519 bits per heavy atom. The minimum atomic E-state index is -2.15. The van der Waals surface area contributed by atoms with Crippen LogP contribution >= 0.6 is 0 Å². The van der Waals surface area contributed by atoms with Crippen molar-refractivity contribution in [1.82, 2.24) is 0 Å². The summed E-state index contributed by atoms with van der Waals surface area (Å²) in [5.74, 6) is -5.81. The summed E-state index contributed by atoms with van der Waals surface area (Å²) in [6, 6.07) is 14.8. The Balaban J connectivity index is 1.12. The van der Waals surface area contributed by atoms with Crippen LogP contribution in [0.3, 0.4) is 0 Å². The van der Waals surface area contributed by atoms with Crippen LogP contribution < -0.4 is 14.2 Å². The Bertz CT molecular complexity index is 3040. The van der Waals surface area contributed by atoms with Gasteiger partial charge in [0.15, 0.2) is 58.4 Å². The molecule has 0 saturated carbocycles. The van der Waals surface area contributed by atoms with E-state index >= 15 is 0 Å². The second kappa shape index (κ2) is 24.6. The van der Waals surface area contributed by atoms with Crippen LogP contribution in [0.15, 0.2) is 89.4 Å². The normalized spacial score (nSPS) is 29.1. The number of phenols is 6. The predicted molar refractivity (Wildman–Crippen MR) is 263 cm³/mol. The smallest absolute Gasteiger partial charge is 0.402 e. The van der Waals surface area contributed by atoms with Crippen molar-refractivity contribution in [2.45, 2.75) is 92.1 Å². The monoisotopic (exact) mass is 1110 g/mol. The van der Waals surface area contributed by atoms with Crippen LogP contribution in [0.5, 0.6) is 51.7 Å². The Labute approximate surface area is 445 Å². The Morgan fingerprint density at radius 3 is 1.59 bits per heavy atom. The van der Waals surface area contributed by atoms with Gasteiger partial charge >= 0.3 is 23.3 Å². The van der Waals surface area contributed by atoms with Gasteiger partial charge in [-0.1, -0.05) is 12.1 Å². The maximum Gasteiger partial charge on any atom is 0.402 e. The van der Waals surface area contributed by atoms with Gasteiger partial charge in [-0.25, -0.2) is 14.0 Å². The molecule has 15 atom stereocenters. The molecule has 8 rings (SSSR count). The van der Waals surface area contributed by atoms with Crippen LogP contribution in [-0.2, 0) is 38.0 Å². The molecule has 3 aliphatic rings. The number of aromatic hydroxyl groups is 6. The Morgan fingerprint density at radius 2 is 1.03 bits per heavy atom. The van der Waals surface area contributed by atoms with E-state index in [9.17, 15) is 86.2 Å². The summed E-state index contributed by atoms with van der Waals surface area (Å²) in [6.07, 6.45) is -24.1. The van der Waals surface area contributed by atoms with Gasteiger partial charge in [0, 0.05) is 30.4 Å². The highest BCUT2D eigenvalue weighted by Crippen LogP contribution is 2.43. The Hall–Kier alpha value is -7.61. The molecule has 0 bridgehead atoms. The summed E-state index contributed by atoms with van der Waals surface area (Å²) >= 11 is 0. The molecular formula is C52H55O27+. The largest absolute Gasteiger partial charge is 0.504 e. The average molecular weight is 1110 g/mol. The summed E-state index contributed by atoms with van der Waals surface area (Å²) in [4.78, 5) is 25.7. The fourth-order valence-corrected chi connectivity index (χ4v) is 8.40. The van der Waals surface area contributed by atoms with Gasteiger partial charge < -0.3 is 119 Å². The number of carbonyl (C=O) groups is 2. The van der Waals surface area contributed by atoms with Crippen molar-refractivity contribution in [3.63, 3.8) is 0 Å². The average Bonchev–Trinajstić information content (AvgIpc) is 3.51. The number of hydrogen-bond acceptors (Lipinski definition) is 26. The highest BCUT2D eigenvalue weighted by atomic mass is 16.8. The summed E-state index contributed by atoms with van der Waals surface area (Å²) in [7, 11) is 1.25. The molecule has 424 valence electrons. The van der Waals surface area contributed by atoms with Gasteiger partial charge in [-0.15, -0.1) is 0 Å². The zero-order chi connectivity index (χ0) is 57.0. The first-order valence-electron chi connectivity index (χ1n) is 23.9. The van der Waals surface area contributed by atoms with Gasteiger partial charge in [-0.3, -0.25) is 0 Å². The third kappa shape index (κ3) is 13.0. The van der Waals surface area contributed by atoms with Crippen LogP contribution in [0, 0.1) is 0 Å². The molecule has 0 spiro atoms. The predicted octanol–water partition coefficient (Wildman–Crippen LogP) is -0.667. The highest BCUT2D eigenvalue weighted by Gasteiger charge is 2.53. The molecule has 0 radical (unpaired) electrons. The first kappa shape index (κ1) is 57.6. The fraction of sp³-hybridized carbons (Fsp3) is 0.365. The molecule has 1 aromatic heterocycles. The van der Waals surface area contributed by atoms with E-state index in [1.54, 1.807) is 0 Å². The molecule has 3 saturated heterocycles. The molecule has 3 fully saturated rings. The van der Waals surface area contributed by atoms with Crippen LogP contribution in [0.1, 0.15) is 11.1 Å². The van der Waals surface area contributed by atoms with Crippen LogP contribution in [0.25, 0.3) is 34.4 Å². The van der Waals surface area contributed by atoms with Crippen molar-refractivity contribution in [1.29, 1.82) is 0 Å². The number of hydrogen-bond donors (Lipinski definition) is 15. The number of benzene rings is 4. The number of carbonyl (C=O) groups excluding carboxylic acids is 2. The molecule has 79 heavy (non-hydrogen) atoms. The molecule has 3 unspecified atom stereocenters. The maximum absolute atomic E-state index is 13.0. The molecule has 27 heteroatoms. The second-order valence-electron chi connectivity index (χ2n) is 18.2. The number of aliphatic hydroxyl groups is 9. The van der Waals surface area contributed by atoms with Gasteiger partial charge in [0.1, 0.15) is 80.4 Å². The van der Waals surface area contributed by atoms with E-state index in [1.165, 1.54) is 67.8 Å². The van der Waals surface area contributed by atoms with E-state index < -0.39 is 158 Å². The molecule has 15 N–H and O–H groups in total. The van der Waals surface area contributed by atoms with Crippen molar-refractivity contribution in [2.24, 2.45) is 0 Å². The van der Waals surface area contributed by atoms with Gasteiger partial charge in [0.2, 0.25) is 18.3 Å². The van der Waals surface area contributed by atoms with E-state index in [1.807, 2.05) is 0 Å².